The number of carbonyl (C=O) groups excluding carboxylic acids is 2. The van der Waals surface area contributed by atoms with E-state index in [-0.39, 0.29) is 24.8 Å². The van der Waals surface area contributed by atoms with Crippen LogP contribution in [0.3, 0.4) is 0 Å². The third-order valence-corrected chi connectivity index (χ3v) is 3.78. The third-order valence-electron chi connectivity index (χ3n) is 2.91. The van der Waals surface area contributed by atoms with Crippen LogP contribution in [0.1, 0.15) is 29.9 Å². The number of carbonyl (C=O) groups is 3. The Morgan fingerprint density at radius 2 is 2.05 bits per heavy atom. The van der Waals surface area contributed by atoms with Crippen molar-refractivity contribution >= 4 is 29.1 Å². The van der Waals surface area contributed by atoms with E-state index < -0.39 is 17.9 Å². The molecule has 2 atom stereocenters. The molecule has 1 rings (SSSR count). The number of carboxylic acids is 1. The van der Waals surface area contributed by atoms with Crippen molar-refractivity contribution in [3.8, 4) is 0 Å². The van der Waals surface area contributed by atoms with Crippen molar-refractivity contribution in [2.45, 2.75) is 26.3 Å². The maximum Gasteiger partial charge on any atom is 0.308 e. The van der Waals surface area contributed by atoms with Crippen LogP contribution < -0.4 is 10.6 Å². The molecule has 2 unspecified atom stereocenters. The first kappa shape index (κ1) is 16.2. The van der Waals surface area contributed by atoms with Gasteiger partial charge >= 0.3 is 5.97 Å². The molecule has 0 radical (unpaired) electrons. The monoisotopic (exact) mass is 298 g/mol. The van der Waals surface area contributed by atoms with E-state index in [1.807, 2.05) is 0 Å². The summed E-state index contributed by atoms with van der Waals surface area (Å²) in [5.74, 6) is -2.10. The largest absolute Gasteiger partial charge is 0.481 e. The number of hydrogen-bond donors (Lipinski definition) is 3. The van der Waals surface area contributed by atoms with Gasteiger partial charge in [-0.05, 0) is 25.3 Å². The van der Waals surface area contributed by atoms with Crippen molar-refractivity contribution < 1.29 is 19.5 Å². The van der Waals surface area contributed by atoms with Gasteiger partial charge in [-0.15, -0.1) is 11.3 Å². The summed E-state index contributed by atoms with van der Waals surface area (Å²) in [6, 6.07) is 3.03. The third kappa shape index (κ3) is 5.00. The van der Waals surface area contributed by atoms with E-state index in [0.717, 1.165) is 0 Å². The molecule has 20 heavy (non-hydrogen) atoms. The number of amides is 2. The Kier molecular flexibility index (Phi) is 6.17. The van der Waals surface area contributed by atoms with E-state index in [9.17, 15) is 14.4 Å². The van der Waals surface area contributed by atoms with Crippen LogP contribution in [0.25, 0.3) is 0 Å². The standard InChI is InChI=1S/C13H18N2O4S/c1-8(13(18)19)9(2)15-11(16)5-6-14-12(17)10-4-3-7-20-10/h3-4,7-9H,5-6H2,1-2H3,(H,14,17)(H,15,16)(H,18,19). The molecular weight excluding hydrogens is 280 g/mol. The first-order valence-corrected chi connectivity index (χ1v) is 7.13. The van der Waals surface area contributed by atoms with Gasteiger partial charge < -0.3 is 15.7 Å². The zero-order valence-electron chi connectivity index (χ0n) is 11.4. The van der Waals surface area contributed by atoms with Gasteiger partial charge in [0.2, 0.25) is 5.91 Å². The minimum absolute atomic E-state index is 0.119. The molecule has 0 aliphatic carbocycles. The zero-order chi connectivity index (χ0) is 15.1. The van der Waals surface area contributed by atoms with E-state index >= 15 is 0 Å². The van der Waals surface area contributed by atoms with Crippen LogP contribution in [-0.2, 0) is 9.59 Å². The molecule has 0 saturated carbocycles. The quantitative estimate of drug-likeness (QED) is 0.702. The highest BCUT2D eigenvalue weighted by atomic mass is 32.1. The lowest BCUT2D eigenvalue weighted by Crippen LogP contribution is -2.41. The second-order valence-corrected chi connectivity index (χ2v) is 5.41. The Bertz CT molecular complexity index is 473. The van der Waals surface area contributed by atoms with E-state index in [4.69, 9.17) is 5.11 Å². The van der Waals surface area contributed by atoms with Gasteiger partial charge in [-0.3, -0.25) is 14.4 Å². The van der Waals surface area contributed by atoms with Crippen molar-refractivity contribution in [1.82, 2.24) is 10.6 Å². The summed E-state index contributed by atoms with van der Waals surface area (Å²) in [5, 5.41) is 15.9. The number of aliphatic carboxylic acids is 1. The molecule has 2 amide bonds. The Hall–Kier alpha value is -1.89. The maximum atomic E-state index is 11.6. The van der Waals surface area contributed by atoms with Crippen LogP contribution in [0, 0.1) is 5.92 Å². The number of carboxylic acid groups (broad SMARTS) is 1. The molecular formula is C13H18N2O4S. The van der Waals surface area contributed by atoms with Crippen molar-refractivity contribution in [2.75, 3.05) is 6.54 Å². The first-order valence-electron chi connectivity index (χ1n) is 6.25. The average Bonchev–Trinajstić information content (AvgIpc) is 2.91. The van der Waals surface area contributed by atoms with Gasteiger partial charge in [0, 0.05) is 19.0 Å². The smallest absolute Gasteiger partial charge is 0.308 e. The van der Waals surface area contributed by atoms with Crippen LogP contribution in [0.4, 0.5) is 0 Å². The minimum Gasteiger partial charge on any atom is -0.481 e. The van der Waals surface area contributed by atoms with Crippen LogP contribution in [-0.4, -0.2) is 35.5 Å². The minimum atomic E-state index is -0.955. The Balaban J connectivity index is 2.27. The molecule has 1 aromatic rings. The van der Waals surface area contributed by atoms with Crippen molar-refractivity contribution in [3.05, 3.63) is 22.4 Å². The predicted molar refractivity (Wildman–Crippen MR) is 75.7 cm³/mol. The van der Waals surface area contributed by atoms with Crippen LogP contribution in [0.15, 0.2) is 17.5 Å². The molecule has 110 valence electrons. The molecule has 3 N–H and O–H groups in total. The van der Waals surface area contributed by atoms with Crippen LogP contribution in [0.2, 0.25) is 0 Å². The second kappa shape index (κ2) is 7.64. The first-order chi connectivity index (χ1) is 9.41. The number of nitrogens with one attached hydrogen (secondary N) is 2. The van der Waals surface area contributed by atoms with E-state index in [0.29, 0.717) is 4.88 Å². The van der Waals surface area contributed by atoms with Gasteiger partial charge in [0.05, 0.1) is 10.8 Å². The summed E-state index contributed by atoms with van der Waals surface area (Å²) in [4.78, 5) is 34.5. The van der Waals surface area contributed by atoms with Crippen LogP contribution in [0.5, 0.6) is 0 Å². The average molecular weight is 298 g/mol. The van der Waals surface area contributed by atoms with Gasteiger partial charge in [0.1, 0.15) is 0 Å². The number of hydrogen-bond acceptors (Lipinski definition) is 4. The van der Waals surface area contributed by atoms with Gasteiger partial charge in [0.25, 0.3) is 5.91 Å². The topological polar surface area (TPSA) is 95.5 Å². The second-order valence-electron chi connectivity index (χ2n) is 4.47. The molecule has 1 aromatic heterocycles. The molecule has 0 bridgehead atoms. The fourth-order valence-corrected chi connectivity index (χ4v) is 2.09. The molecule has 0 fully saturated rings. The van der Waals surface area contributed by atoms with Gasteiger partial charge in [-0.2, -0.15) is 0 Å². The van der Waals surface area contributed by atoms with Crippen molar-refractivity contribution in [1.29, 1.82) is 0 Å². The highest BCUT2D eigenvalue weighted by molar-refractivity contribution is 7.12. The number of rotatable bonds is 7. The fourth-order valence-electron chi connectivity index (χ4n) is 1.45. The highest BCUT2D eigenvalue weighted by Crippen LogP contribution is 2.07. The molecule has 0 spiro atoms. The van der Waals surface area contributed by atoms with E-state index in [1.165, 1.54) is 18.3 Å². The SMILES string of the molecule is CC(NC(=O)CCNC(=O)c1cccs1)C(C)C(=O)O. The molecule has 0 aliphatic heterocycles. The van der Waals surface area contributed by atoms with Gasteiger partial charge in [-0.1, -0.05) is 6.07 Å². The lowest BCUT2D eigenvalue weighted by Gasteiger charge is -2.17. The van der Waals surface area contributed by atoms with Crippen LogP contribution >= 0.6 is 11.3 Å². The Morgan fingerprint density at radius 1 is 1.35 bits per heavy atom. The van der Waals surface area contributed by atoms with Gasteiger partial charge in [0.15, 0.2) is 0 Å². The zero-order valence-corrected chi connectivity index (χ0v) is 12.2. The lowest BCUT2D eigenvalue weighted by molar-refractivity contribution is -0.142. The molecule has 6 nitrogen and oxygen atoms in total. The molecule has 1 heterocycles. The molecule has 0 aliphatic rings. The predicted octanol–water partition coefficient (Wildman–Crippen LogP) is 1.09. The van der Waals surface area contributed by atoms with Crippen molar-refractivity contribution in [2.24, 2.45) is 5.92 Å². The molecule has 7 heteroatoms. The number of thiophene rings is 1. The van der Waals surface area contributed by atoms with Gasteiger partial charge in [-0.25, -0.2) is 0 Å². The van der Waals surface area contributed by atoms with E-state index in [2.05, 4.69) is 10.6 Å². The summed E-state index contributed by atoms with van der Waals surface area (Å²) in [6.45, 7) is 3.39. The van der Waals surface area contributed by atoms with Crippen molar-refractivity contribution in [3.63, 3.8) is 0 Å². The summed E-state index contributed by atoms with van der Waals surface area (Å²) in [6.07, 6.45) is 0.119. The summed E-state index contributed by atoms with van der Waals surface area (Å²) in [5.41, 5.74) is 0. The highest BCUT2D eigenvalue weighted by Gasteiger charge is 2.20. The molecule has 0 aromatic carbocycles. The Labute approximate surface area is 121 Å². The summed E-state index contributed by atoms with van der Waals surface area (Å²) in [7, 11) is 0. The fraction of sp³-hybridized carbons (Fsp3) is 0.462. The normalized spacial score (nSPS) is 13.3. The lowest BCUT2D eigenvalue weighted by atomic mass is 10.0. The summed E-state index contributed by atoms with van der Waals surface area (Å²) >= 11 is 1.33. The molecule has 0 saturated heterocycles. The summed E-state index contributed by atoms with van der Waals surface area (Å²) < 4.78 is 0. The maximum absolute atomic E-state index is 11.6. The Morgan fingerprint density at radius 3 is 2.60 bits per heavy atom. The van der Waals surface area contributed by atoms with E-state index in [1.54, 1.807) is 24.4 Å².